The highest BCUT2D eigenvalue weighted by atomic mass is 35.5. The number of halogens is 2. The molecule has 18 heavy (non-hydrogen) atoms. The summed E-state index contributed by atoms with van der Waals surface area (Å²) < 4.78 is 0. The van der Waals surface area contributed by atoms with Gasteiger partial charge in [-0.1, -0.05) is 23.2 Å². The second kappa shape index (κ2) is 6.25. The number of pyridine rings is 1. The van der Waals surface area contributed by atoms with Gasteiger partial charge in [0.1, 0.15) is 5.82 Å². The van der Waals surface area contributed by atoms with Crippen molar-refractivity contribution in [3.05, 3.63) is 22.3 Å². The Morgan fingerprint density at radius 2 is 2.11 bits per heavy atom. The van der Waals surface area contributed by atoms with E-state index in [1.165, 1.54) is 6.20 Å². The average molecular weight is 288 g/mol. The molecule has 98 valence electrons. The SMILES string of the molecule is O=C(CCNc1ncc(Cl)cc1Cl)N1CCCC1. The Labute approximate surface area is 116 Å². The molecule has 6 heteroatoms. The summed E-state index contributed by atoms with van der Waals surface area (Å²) in [5, 5.41) is 4.01. The molecule has 1 aliphatic heterocycles. The highest BCUT2D eigenvalue weighted by Gasteiger charge is 2.17. The lowest BCUT2D eigenvalue weighted by Crippen LogP contribution is -2.29. The maximum Gasteiger partial charge on any atom is 0.224 e. The van der Waals surface area contributed by atoms with Crippen LogP contribution < -0.4 is 5.32 Å². The highest BCUT2D eigenvalue weighted by Crippen LogP contribution is 2.22. The molecule has 1 aromatic heterocycles. The van der Waals surface area contributed by atoms with Crippen LogP contribution >= 0.6 is 23.2 Å². The number of aromatic nitrogens is 1. The fourth-order valence-electron chi connectivity index (χ4n) is 1.96. The summed E-state index contributed by atoms with van der Waals surface area (Å²) in [6, 6.07) is 1.63. The number of nitrogens with zero attached hydrogens (tertiary/aromatic N) is 2. The van der Waals surface area contributed by atoms with Crippen LogP contribution in [0.4, 0.5) is 5.82 Å². The summed E-state index contributed by atoms with van der Waals surface area (Å²) in [5.74, 6) is 0.750. The highest BCUT2D eigenvalue weighted by molar-refractivity contribution is 6.35. The van der Waals surface area contributed by atoms with E-state index >= 15 is 0 Å². The lowest BCUT2D eigenvalue weighted by Gasteiger charge is -2.15. The number of nitrogens with one attached hydrogen (secondary N) is 1. The smallest absolute Gasteiger partial charge is 0.224 e. The summed E-state index contributed by atoms with van der Waals surface area (Å²) >= 11 is 11.7. The fraction of sp³-hybridized carbons (Fsp3) is 0.500. The predicted octanol–water partition coefficient (Wildman–Crippen LogP) is 2.81. The number of hydrogen-bond donors (Lipinski definition) is 1. The van der Waals surface area contributed by atoms with Gasteiger partial charge in [0.25, 0.3) is 0 Å². The molecular weight excluding hydrogens is 273 g/mol. The number of amides is 1. The Balaban J connectivity index is 1.79. The Bertz CT molecular complexity index is 433. The van der Waals surface area contributed by atoms with Crippen molar-refractivity contribution in [1.29, 1.82) is 0 Å². The van der Waals surface area contributed by atoms with Crippen LogP contribution in [0.25, 0.3) is 0 Å². The van der Waals surface area contributed by atoms with Gasteiger partial charge in [-0.3, -0.25) is 4.79 Å². The van der Waals surface area contributed by atoms with Gasteiger partial charge in [-0.05, 0) is 18.9 Å². The van der Waals surface area contributed by atoms with Gasteiger partial charge in [0.2, 0.25) is 5.91 Å². The fourth-order valence-corrected chi connectivity index (χ4v) is 2.40. The normalized spacial score (nSPS) is 14.9. The Hall–Kier alpha value is -1.00. The molecule has 0 aliphatic carbocycles. The van der Waals surface area contributed by atoms with Crippen LogP contribution in [0.2, 0.25) is 10.0 Å². The topological polar surface area (TPSA) is 45.2 Å². The monoisotopic (exact) mass is 287 g/mol. The standard InChI is InChI=1S/C12H15Cl2N3O/c13-9-7-10(14)12(16-8-9)15-4-3-11(18)17-5-1-2-6-17/h7-8H,1-6H2,(H,15,16). The van der Waals surface area contributed by atoms with E-state index in [0.717, 1.165) is 25.9 Å². The molecule has 1 amide bonds. The van der Waals surface area contributed by atoms with Crippen LogP contribution in [0.5, 0.6) is 0 Å². The first kappa shape index (κ1) is 13.4. The molecule has 1 fully saturated rings. The van der Waals surface area contributed by atoms with Crippen molar-refractivity contribution in [3.63, 3.8) is 0 Å². The molecule has 1 aromatic rings. The van der Waals surface area contributed by atoms with Gasteiger partial charge >= 0.3 is 0 Å². The van der Waals surface area contributed by atoms with Gasteiger partial charge < -0.3 is 10.2 Å². The molecule has 1 saturated heterocycles. The first-order valence-electron chi connectivity index (χ1n) is 5.99. The van der Waals surface area contributed by atoms with E-state index in [1.807, 2.05) is 4.90 Å². The molecule has 0 bridgehead atoms. The van der Waals surface area contributed by atoms with Gasteiger partial charge in [-0.25, -0.2) is 4.98 Å². The van der Waals surface area contributed by atoms with E-state index in [9.17, 15) is 4.79 Å². The number of hydrogen-bond acceptors (Lipinski definition) is 3. The maximum absolute atomic E-state index is 11.8. The minimum Gasteiger partial charge on any atom is -0.368 e. The van der Waals surface area contributed by atoms with Crippen LogP contribution in [0.15, 0.2) is 12.3 Å². The van der Waals surface area contributed by atoms with Crippen LogP contribution in [0, 0.1) is 0 Å². The van der Waals surface area contributed by atoms with Crippen molar-refractivity contribution in [2.75, 3.05) is 25.0 Å². The summed E-state index contributed by atoms with van der Waals surface area (Å²) in [6.45, 7) is 2.31. The first-order chi connectivity index (χ1) is 8.66. The lowest BCUT2D eigenvalue weighted by atomic mass is 10.3. The number of carbonyl (C=O) groups is 1. The number of carbonyl (C=O) groups excluding carboxylic acids is 1. The number of likely N-dealkylation sites (tertiary alicyclic amines) is 1. The molecule has 0 saturated carbocycles. The molecule has 0 radical (unpaired) electrons. The third-order valence-corrected chi connectivity index (χ3v) is 3.39. The van der Waals surface area contributed by atoms with E-state index in [2.05, 4.69) is 10.3 Å². The first-order valence-corrected chi connectivity index (χ1v) is 6.75. The summed E-state index contributed by atoms with van der Waals surface area (Å²) in [5.41, 5.74) is 0. The third-order valence-electron chi connectivity index (χ3n) is 2.90. The minimum absolute atomic E-state index is 0.185. The minimum atomic E-state index is 0.185. The van der Waals surface area contributed by atoms with Crippen LogP contribution in [0.1, 0.15) is 19.3 Å². The van der Waals surface area contributed by atoms with E-state index in [1.54, 1.807) is 6.07 Å². The van der Waals surface area contributed by atoms with Gasteiger partial charge in [0.15, 0.2) is 0 Å². The Morgan fingerprint density at radius 3 is 2.78 bits per heavy atom. The Kier molecular flexibility index (Phi) is 4.66. The molecular formula is C12H15Cl2N3O. The number of anilines is 1. The van der Waals surface area contributed by atoms with Crippen LogP contribution in [-0.2, 0) is 4.79 Å². The largest absolute Gasteiger partial charge is 0.368 e. The maximum atomic E-state index is 11.8. The third kappa shape index (κ3) is 3.50. The zero-order valence-corrected chi connectivity index (χ0v) is 11.5. The van der Waals surface area contributed by atoms with Crippen molar-refractivity contribution in [1.82, 2.24) is 9.88 Å². The van der Waals surface area contributed by atoms with Crippen molar-refractivity contribution >= 4 is 34.9 Å². The predicted molar refractivity (Wildman–Crippen MR) is 73.2 cm³/mol. The lowest BCUT2D eigenvalue weighted by molar-refractivity contribution is -0.129. The van der Waals surface area contributed by atoms with Crippen molar-refractivity contribution < 1.29 is 4.79 Å². The average Bonchev–Trinajstić information content (AvgIpc) is 2.85. The van der Waals surface area contributed by atoms with Crippen molar-refractivity contribution in [2.45, 2.75) is 19.3 Å². The van der Waals surface area contributed by atoms with Gasteiger partial charge in [0.05, 0.1) is 10.0 Å². The second-order valence-electron chi connectivity index (χ2n) is 4.25. The summed E-state index contributed by atoms with van der Waals surface area (Å²) in [4.78, 5) is 17.8. The zero-order chi connectivity index (χ0) is 13.0. The van der Waals surface area contributed by atoms with Crippen molar-refractivity contribution in [3.8, 4) is 0 Å². The van der Waals surface area contributed by atoms with Gasteiger partial charge in [-0.15, -0.1) is 0 Å². The zero-order valence-electron chi connectivity index (χ0n) is 9.96. The molecule has 0 atom stereocenters. The molecule has 2 heterocycles. The van der Waals surface area contributed by atoms with Crippen LogP contribution in [0.3, 0.4) is 0 Å². The molecule has 4 nitrogen and oxygen atoms in total. The quantitative estimate of drug-likeness (QED) is 0.926. The summed E-state index contributed by atoms with van der Waals surface area (Å²) in [7, 11) is 0. The van der Waals surface area contributed by atoms with Crippen molar-refractivity contribution in [2.24, 2.45) is 0 Å². The molecule has 0 unspecified atom stereocenters. The van der Waals surface area contributed by atoms with E-state index in [4.69, 9.17) is 23.2 Å². The second-order valence-corrected chi connectivity index (χ2v) is 5.09. The molecule has 1 aliphatic rings. The number of rotatable bonds is 4. The van der Waals surface area contributed by atoms with Crippen LogP contribution in [-0.4, -0.2) is 35.4 Å². The molecule has 2 rings (SSSR count). The molecule has 0 spiro atoms. The van der Waals surface area contributed by atoms with E-state index < -0.39 is 0 Å². The van der Waals surface area contributed by atoms with E-state index in [-0.39, 0.29) is 5.91 Å². The molecule has 0 aromatic carbocycles. The van der Waals surface area contributed by atoms with Gasteiger partial charge in [-0.2, -0.15) is 0 Å². The summed E-state index contributed by atoms with van der Waals surface area (Å²) in [6.07, 6.45) is 4.21. The molecule has 1 N–H and O–H groups in total. The van der Waals surface area contributed by atoms with E-state index in [0.29, 0.717) is 28.8 Å². The van der Waals surface area contributed by atoms with Gasteiger partial charge in [0, 0.05) is 32.3 Å². The Morgan fingerprint density at radius 1 is 1.39 bits per heavy atom.